The Kier molecular flexibility index (Phi) is 4.85. The maximum Gasteiger partial charge on any atom is 0.0340 e. The van der Waals surface area contributed by atoms with E-state index >= 15 is 0 Å². The number of hydrogen-bond acceptors (Lipinski definition) is 1. The van der Waals surface area contributed by atoms with Gasteiger partial charge in [-0.25, -0.2) is 0 Å². The van der Waals surface area contributed by atoms with Gasteiger partial charge in [0, 0.05) is 12.2 Å². The number of rotatable bonds is 5. The topological polar surface area (TPSA) is 12.0 Å². The first-order valence-electron chi connectivity index (χ1n) is 6.26. The molecule has 0 aromatic heterocycles. The second kappa shape index (κ2) is 5.93. The SMILES string of the molecule is CC(CCNc1ccccc1)CC(C)(C)C. The third-order valence-corrected chi connectivity index (χ3v) is 2.70. The van der Waals surface area contributed by atoms with Gasteiger partial charge in [-0.1, -0.05) is 45.9 Å². The van der Waals surface area contributed by atoms with Crippen LogP contribution in [0.3, 0.4) is 0 Å². The van der Waals surface area contributed by atoms with Crippen molar-refractivity contribution in [1.29, 1.82) is 0 Å². The maximum atomic E-state index is 3.46. The van der Waals surface area contributed by atoms with Crippen LogP contribution < -0.4 is 5.32 Å². The molecule has 1 aromatic carbocycles. The molecule has 1 heteroatoms. The normalized spacial score (nSPS) is 13.5. The van der Waals surface area contributed by atoms with E-state index in [9.17, 15) is 0 Å². The van der Waals surface area contributed by atoms with Crippen LogP contribution in [0, 0.1) is 11.3 Å². The quantitative estimate of drug-likeness (QED) is 0.765. The van der Waals surface area contributed by atoms with Gasteiger partial charge in [0.25, 0.3) is 0 Å². The predicted octanol–water partition coefficient (Wildman–Crippen LogP) is 4.56. The summed E-state index contributed by atoms with van der Waals surface area (Å²) in [5.74, 6) is 0.788. The number of hydrogen-bond donors (Lipinski definition) is 1. The van der Waals surface area contributed by atoms with E-state index in [1.54, 1.807) is 0 Å². The molecule has 0 bridgehead atoms. The number of anilines is 1. The second-order valence-electron chi connectivity index (χ2n) is 5.95. The highest BCUT2D eigenvalue weighted by atomic mass is 14.9. The van der Waals surface area contributed by atoms with E-state index in [0.717, 1.165) is 12.5 Å². The minimum absolute atomic E-state index is 0.451. The van der Waals surface area contributed by atoms with Gasteiger partial charge >= 0.3 is 0 Å². The van der Waals surface area contributed by atoms with Gasteiger partial charge in [0.05, 0.1) is 0 Å². The van der Waals surface area contributed by atoms with Crippen molar-refractivity contribution in [3.63, 3.8) is 0 Å². The highest BCUT2D eigenvalue weighted by Gasteiger charge is 2.14. The fourth-order valence-electron chi connectivity index (χ4n) is 2.17. The molecule has 0 radical (unpaired) electrons. The van der Waals surface area contributed by atoms with Gasteiger partial charge < -0.3 is 5.32 Å². The molecule has 1 aromatic rings. The largest absolute Gasteiger partial charge is 0.385 e. The first-order chi connectivity index (χ1) is 7.47. The smallest absolute Gasteiger partial charge is 0.0340 e. The molecule has 0 saturated heterocycles. The van der Waals surface area contributed by atoms with E-state index in [4.69, 9.17) is 0 Å². The molecule has 1 unspecified atom stereocenters. The minimum atomic E-state index is 0.451. The first-order valence-corrected chi connectivity index (χ1v) is 6.26. The molecule has 0 fully saturated rings. The van der Waals surface area contributed by atoms with E-state index in [1.165, 1.54) is 18.5 Å². The van der Waals surface area contributed by atoms with Crippen LogP contribution in [0.25, 0.3) is 0 Å². The van der Waals surface area contributed by atoms with E-state index in [0.29, 0.717) is 5.41 Å². The van der Waals surface area contributed by atoms with Crippen molar-refractivity contribution in [3.8, 4) is 0 Å². The summed E-state index contributed by atoms with van der Waals surface area (Å²) >= 11 is 0. The lowest BCUT2D eigenvalue weighted by atomic mass is 9.84. The molecule has 16 heavy (non-hydrogen) atoms. The molecule has 0 aliphatic rings. The van der Waals surface area contributed by atoms with Crippen molar-refractivity contribution >= 4 is 5.69 Å². The maximum absolute atomic E-state index is 3.46. The Labute approximate surface area is 100 Å². The Hall–Kier alpha value is -0.980. The van der Waals surface area contributed by atoms with E-state index in [-0.39, 0.29) is 0 Å². The summed E-state index contributed by atoms with van der Waals surface area (Å²) in [5, 5.41) is 3.46. The van der Waals surface area contributed by atoms with Gasteiger partial charge in [0.15, 0.2) is 0 Å². The summed E-state index contributed by atoms with van der Waals surface area (Å²) in [6.07, 6.45) is 2.54. The molecular weight excluding hydrogens is 194 g/mol. The predicted molar refractivity (Wildman–Crippen MR) is 72.8 cm³/mol. The summed E-state index contributed by atoms with van der Waals surface area (Å²) in [6.45, 7) is 10.4. The lowest BCUT2D eigenvalue weighted by Gasteiger charge is -2.23. The highest BCUT2D eigenvalue weighted by molar-refractivity contribution is 5.42. The molecule has 1 nitrogen and oxygen atoms in total. The molecule has 1 rings (SSSR count). The molecular formula is C15H25N. The summed E-state index contributed by atoms with van der Waals surface area (Å²) in [7, 11) is 0. The summed E-state index contributed by atoms with van der Waals surface area (Å²) in [6, 6.07) is 10.4. The van der Waals surface area contributed by atoms with Crippen molar-refractivity contribution in [1.82, 2.24) is 0 Å². The third-order valence-electron chi connectivity index (χ3n) is 2.70. The molecule has 1 atom stereocenters. The molecule has 0 aliphatic carbocycles. The highest BCUT2D eigenvalue weighted by Crippen LogP contribution is 2.25. The van der Waals surface area contributed by atoms with Crippen molar-refractivity contribution < 1.29 is 0 Å². The Morgan fingerprint density at radius 2 is 1.75 bits per heavy atom. The van der Waals surface area contributed by atoms with Gasteiger partial charge in [-0.3, -0.25) is 0 Å². The Morgan fingerprint density at radius 1 is 1.12 bits per heavy atom. The van der Waals surface area contributed by atoms with Crippen molar-refractivity contribution in [2.24, 2.45) is 11.3 Å². The van der Waals surface area contributed by atoms with Crippen LogP contribution in [0.5, 0.6) is 0 Å². The number of para-hydroxylation sites is 1. The van der Waals surface area contributed by atoms with Gasteiger partial charge in [-0.05, 0) is 36.3 Å². The van der Waals surface area contributed by atoms with Crippen LogP contribution in [-0.4, -0.2) is 6.54 Å². The number of benzene rings is 1. The van der Waals surface area contributed by atoms with Crippen LogP contribution in [0.15, 0.2) is 30.3 Å². The fraction of sp³-hybridized carbons (Fsp3) is 0.600. The molecule has 1 N–H and O–H groups in total. The minimum Gasteiger partial charge on any atom is -0.385 e. The van der Waals surface area contributed by atoms with Gasteiger partial charge in [-0.15, -0.1) is 0 Å². The zero-order valence-electron chi connectivity index (χ0n) is 11.1. The molecule has 0 saturated carbocycles. The van der Waals surface area contributed by atoms with Gasteiger partial charge in [0.1, 0.15) is 0 Å². The third kappa shape index (κ3) is 5.79. The Bertz CT molecular complexity index is 284. The van der Waals surface area contributed by atoms with Crippen molar-refractivity contribution in [2.75, 3.05) is 11.9 Å². The van der Waals surface area contributed by atoms with Gasteiger partial charge in [0.2, 0.25) is 0 Å². The summed E-state index contributed by atoms with van der Waals surface area (Å²) in [4.78, 5) is 0. The van der Waals surface area contributed by atoms with Crippen LogP contribution >= 0.6 is 0 Å². The van der Waals surface area contributed by atoms with Crippen molar-refractivity contribution in [2.45, 2.75) is 40.5 Å². The van der Waals surface area contributed by atoms with Crippen LogP contribution in [-0.2, 0) is 0 Å². The zero-order chi connectivity index (χ0) is 12.0. The van der Waals surface area contributed by atoms with Crippen LogP contribution in [0.4, 0.5) is 5.69 Å². The first kappa shape index (κ1) is 13.1. The summed E-state index contributed by atoms with van der Waals surface area (Å²) < 4.78 is 0. The zero-order valence-corrected chi connectivity index (χ0v) is 11.1. The standard InChI is InChI=1S/C15H25N/c1-13(12-15(2,3)4)10-11-16-14-8-6-5-7-9-14/h5-9,13,16H,10-12H2,1-4H3. The number of nitrogens with one attached hydrogen (secondary N) is 1. The van der Waals surface area contributed by atoms with E-state index in [2.05, 4.69) is 57.3 Å². The molecule has 0 aliphatic heterocycles. The monoisotopic (exact) mass is 219 g/mol. The molecule has 0 spiro atoms. The molecule has 90 valence electrons. The second-order valence-corrected chi connectivity index (χ2v) is 5.95. The lowest BCUT2D eigenvalue weighted by Crippen LogP contribution is -2.14. The summed E-state index contributed by atoms with van der Waals surface area (Å²) in [5.41, 5.74) is 1.68. The molecule has 0 amide bonds. The van der Waals surface area contributed by atoms with E-state index < -0.39 is 0 Å². The fourth-order valence-corrected chi connectivity index (χ4v) is 2.17. The lowest BCUT2D eigenvalue weighted by molar-refractivity contribution is 0.300. The Balaban J connectivity index is 2.21. The average Bonchev–Trinajstić information content (AvgIpc) is 2.16. The molecule has 0 heterocycles. The Morgan fingerprint density at radius 3 is 2.31 bits per heavy atom. The van der Waals surface area contributed by atoms with Crippen molar-refractivity contribution in [3.05, 3.63) is 30.3 Å². The average molecular weight is 219 g/mol. The van der Waals surface area contributed by atoms with E-state index in [1.807, 2.05) is 6.07 Å². The van der Waals surface area contributed by atoms with Gasteiger partial charge in [-0.2, -0.15) is 0 Å². The van der Waals surface area contributed by atoms with Crippen LogP contribution in [0.2, 0.25) is 0 Å². The van der Waals surface area contributed by atoms with Crippen LogP contribution in [0.1, 0.15) is 40.5 Å².